The minimum absolute atomic E-state index is 0.104. The molecule has 1 aliphatic rings. The van der Waals surface area contributed by atoms with Crippen LogP contribution in [0.4, 0.5) is 10.5 Å². The fourth-order valence-corrected chi connectivity index (χ4v) is 2.91. The molecule has 4 amide bonds. The first kappa shape index (κ1) is 21.6. The van der Waals surface area contributed by atoms with Crippen LogP contribution in [-0.4, -0.2) is 37.5 Å². The van der Waals surface area contributed by atoms with E-state index in [1.54, 1.807) is 18.2 Å². The van der Waals surface area contributed by atoms with Crippen LogP contribution in [0.25, 0.3) is 6.08 Å². The maximum absolute atomic E-state index is 12.9. The van der Waals surface area contributed by atoms with Crippen molar-refractivity contribution >= 4 is 35.6 Å². The van der Waals surface area contributed by atoms with E-state index in [9.17, 15) is 24.3 Å². The Morgan fingerprint density at radius 1 is 1.10 bits per heavy atom. The van der Waals surface area contributed by atoms with E-state index in [1.165, 1.54) is 37.5 Å². The Morgan fingerprint density at radius 3 is 2.42 bits per heavy atom. The number of carboxylic acids is 1. The molecule has 3 rings (SSSR count). The van der Waals surface area contributed by atoms with Crippen molar-refractivity contribution in [1.82, 2.24) is 5.32 Å². The Morgan fingerprint density at radius 2 is 1.81 bits per heavy atom. The van der Waals surface area contributed by atoms with Crippen LogP contribution >= 0.6 is 0 Å². The van der Waals surface area contributed by atoms with Crippen LogP contribution in [0.1, 0.15) is 29.3 Å². The zero-order chi connectivity index (χ0) is 22.5. The third-order valence-electron chi connectivity index (χ3n) is 4.42. The molecule has 0 unspecified atom stereocenters. The first-order chi connectivity index (χ1) is 14.8. The normalized spacial score (nSPS) is 15.1. The number of methoxy groups -OCH3 is 1. The largest absolute Gasteiger partial charge is 0.545 e. The smallest absolute Gasteiger partial charge is 0.335 e. The molecule has 0 spiro atoms. The molecule has 0 aliphatic carbocycles. The number of anilines is 1. The minimum atomic E-state index is -1.39. The van der Waals surface area contributed by atoms with Crippen LogP contribution in [0.15, 0.2) is 48.0 Å². The van der Waals surface area contributed by atoms with Gasteiger partial charge >= 0.3 is 6.03 Å². The average Bonchev–Trinajstić information content (AvgIpc) is 2.75. The number of benzene rings is 2. The van der Waals surface area contributed by atoms with E-state index in [4.69, 9.17) is 9.47 Å². The number of ether oxygens (including phenoxy) is 2. The number of carboxylic acid groups (broad SMARTS) is 1. The highest BCUT2D eigenvalue weighted by atomic mass is 16.5. The molecule has 0 aromatic heterocycles. The van der Waals surface area contributed by atoms with E-state index in [1.807, 2.05) is 6.92 Å². The molecule has 1 aliphatic heterocycles. The Hall–Kier alpha value is -4.14. The lowest BCUT2D eigenvalue weighted by molar-refractivity contribution is -0.255. The summed E-state index contributed by atoms with van der Waals surface area (Å²) >= 11 is 0. The summed E-state index contributed by atoms with van der Waals surface area (Å²) < 4.78 is 10.9. The highest BCUT2D eigenvalue weighted by molar-refractivity contribution is 6.39. The van der Waals surface area contributed by atoms with E-state index in [2.05, 4.69) is 5.32 Å². The minimum Gasteiger partial charge on any atom is -0.545 e. The lowest BCUT2D eigenvalue weighted by atomic mass is 10.1. The second-order valence-electron chi connectivity index (χ2n) is 6.55. The van der Waals surface area contributed by atoms with Crippen LogP contribution < -0.4 is 24.8 Å². The maximum Gasteiger partial charge on any atom is 0.335 e. The molecular weight excluding hydrogens is 404 g/mol. The standard InChI is InChI=1S/C22H20N2O7/c1-3-10-31-17-9-4-13(12-18(17)30-2)11-16-19(25)23-22(29)24(20(16)26)15-7-5-14(6-8-15)21(27)28/h4-9,11-12H,3,10H2,1-2H3,(H,27,28)(H,23,25,29)/p-1/b16-11-. The fraction of sp³-hybridized carbons (Fsp3) is 0.182. The molecule has 2 aromatic rings. The van der Waals surface area contributed by atoms with Gasteiger partial charge in [0.1, 0.15) is 5.57 Å². The van der Waals surface area contributed by atoms with Gasteiger partial charge in [-0.1, -0.05) is 25.1 Å². The summed E-state index contributed by atoms with van der Waals surface area (Å²) in [5.74, 6) is -2.13. The van der Waals surface area contributed by atoms with Crippen molar-refractivity contribution in [2.45, 2.75) is 13.3 Å². The average molecular weight is 423 g/mol. The number of aromatic carboxylic acids is 1. The third kappa shape index (κ3) is 4.55. The number of nitrogens with zero attached hydrogens (tertiary/aromatic N) is 1. The third-order valence-corrected chi connectivity index (χ3v) is 4.42. The number of hydrogen-bond donors (Lipinski definition) is 1. The van der Waals surface area contributed by atoms with Gasteiger partial charge in [-0.25, -0.2) is 9.69 Å². The van der Waals surface area contributed by atoms with Gasteiger partial charge in [-0.2, -0.15) is 0 Å². The highest BCUT2D eigenvalue weighted by Crippen LogP contribution is 2.30. The van der Waals surface area contributed by atoms with Gasteiger partial charge in [-0.3, -0.25) is 14.9 Å². The summed E-state index contributed by atoms with van der Waals surface area (Å²) in [6.07, 6.45) is 2.15. The van der Waals surface area contributed by atoms with Crippen LogP contribution in [0.5, 0.6) is 11.5 Å². The molecule has 1 saturated heterocycles. The maximum atomic E-state index is 12.9. The molecule has 31 heavy (non-hydrogen) atoms. The van der Waals surface area contributed by atoms with Gasteiger partial charge < -0.3 is 19.4 Å². The zero-order valence-electron chi connectivity index (χ0n) is 16.8. The van der Waals surface area contributed by atoms with E-state index >= 15 is 0 Å². The second kappa shape index (κ2) is 9.12. The van der Waals surface area contributed by atoms with Crippen molar-refractivity contribution in [3.63, 3.8) is 0 Å². The lowest BCUT2D eigenvalue weighted by Gasteiger charge is -2.26. The molecule has 0 atom stereocenters. The highest BCUT2D eigenvalue weighted by Gasteiger charge is 2.36. The zero-order valence-corrected chi connectivity index (χ0v) is 16.8. The molecule has 9 heteroatoms. The number of barbiturate groups is 1. The fourth-order valence-electron chi connectivity index (χ4n) is 2.91. The monoisotopic (exact) mass is 423 g/mol. The lowest BCUT2D eigenvalue weighted by Crippen LogP contribution is -2.54. The van der Waals surface area contributed by atoms with Crippen LogP contribution in [0, 0.1) is 0 Å². The SMILES string of the molecule is CCCOc1ccc(/C=C2/C(=O)NC(=O)N(c3ccc(C(=O)[O-])cc3)C2=O)cc1OC. The molecular formula is C22H19N2O7-. The van der Waals surface area contributed by atoms with Gasteiger partial charge in [0.05, 0.1) is 25.4 Å². The summed E-state index contributed by atoms with van der Waals surface area (Å²) in [6.45, 7) is 2.48. The van der Waals surface area contributed by atoms with Gasteiger partial charge in [0, 0.05) is 0 Å². The molecule has 1 heterocycles. The number of hydrogen-bond acceptors (Lipinski definition) is 7. The van der Waals surface area contributed by atoms with Gasteiger partial charge in [0.2, 0.25) is 0 Å². The number of imide groups is 2. The number of amides is 4. The van der Waals surface area contributed by atoms with Crippen molar-refractivity contribution in [3.05, 3.63) is 59.2 Å². The van der Waals surface area contributed by atoms with E-state index in [-0.39, 0.29) is 16.8 Å². The molecule has 9 nitrogen and oxygen atoms in total. The van der Waals surface area contributed by atoms with Gasteiger partial charge in [-0.15, -0.1) is 0 Å². The van der Waals surface area contributed by atoms with E-state index in [0.29, 0.717) is 23.7 Å². The Bertz CT molecular complexity index is 1070. The van der Waals surface area contributed by atoms with Gasteiger partial charge in [0.25, 0.3) is 11.8 Å². The van der Waals surface area contributed by atoms with Gasteiger partial charge in [0.15, 0.2) is 11.5 Å². The first-order valence-corrected chi connectivity index (χ1v) is 9.39. The van der Waals surface area contributed by atoms with E-state index < -0.39 is 23.8 Å². The number of urea groups is 1. The number of nitrogens with one attached hydrogen (secondary N) is 1. The number of carbonyl (C=O) groups excluding carboxylic acids is 4. The first-order valence-electron chi connectivity index (χ1n) is 9.39. The molecule has 0 saturated carbocycles. The predicted octanol–water partition coefficient (Wildman–Crippen LogP) is 1.51. The summed E-state index contributed by atoms with van der Waals surface area (Å²) in [5, 5.41) is 13.0. The van der Waals surface area contributed by atoms with E-state index in [0.717, 1.165) is 11.3 Å². The van der Waals surface area contributed by atoms with Crippen molar-refractivity contribution in [2.24, 2.45) is 0 Å². The molecule has 1 fully saturated rings. The summed E-state index contributed by atoms with van der Waals surface area (Å²) in [5.41, 5.74) is 0.207. The quantitative estimate of drug-likeness (QED) is 0.529. The summed E-state index contributed by atoms with van der Waals surface area (Å²) in [7, 11) is 1.47. The topological polar surface area (TPSA) is 125 Å². The van der Waals surface area contributed by atoms with Crippen molar-refractivity contribution in [1.29, 1.82) is 0 Å². The predicted molar refractivity (Wildman–Crippen MR) is 109 cm³/mol. The van der Waals surface area contributed by atoms with Crippen LogP contribution in [-0.2, 0) is 9.59 Å². The summed E-state index contributed by atoms with van der Waals surface area (Å²) in [6, 6.07) is 8.93. The van der Waals surface area contributed by atoms with Crippen molar-refractivity contribution in [3.8, 4) is 11.5 Å². The van der Waals surface area contributed by atoms with Crippen molar-refractivity contribution < 1.29 is 33.8 Å². The molecule has 0 radical (unpaired) electrons. The van der Waals surface area contributed by atoms with Gasteiger partial charge in [-0.05, 0) is 47.9 Å². The Balaban J connectivity index is 1.94. The summed E-state index contributed by atoms with van der Waals surface area (Å²) in [4.78, 5) is 49.2. The molecule has 2 aromatic carbocycles. The molecule has 0 bridgehead atoms. The Kier molecular flexibility index (Phi) is 6.35. The second-order valence-corrected chi connectivity index (χ2v) is 6.55. The van der Waals surface area contributed by atoms with Crippen LogP contribution in [0.3, 0.4) is 0 Å². The van der Waals surface area contributed by atoms with Crippen molar-refractivity contribution in [2.75, 3.05) is 18.6 Å². The van der Waals surface area contributed by atoms with Crippen LogP contribution in [0.2, 0.25) is 0 Å². The number of carbonyl (C=O) groups is 4. The molecule has 160 valence electrons. The Labute approximate surface area is 177 Å². The molecule has 1 N–H and O–H groups in total. The number of rotatable bonds is 7.